The van der Waals surface area contributed by atoms with Crippen molar-refractivity contribution in [3.8, 4) is 11.6 Å². The molecule has 3 aliphatic heterocycles. The van der Waals surface area contributed by atoms with Gasteiger partial charge in [-0.2, -0.15) is 5.10 Å². The normalized spacial score (nSPS) is 20.3. The molecule has 5 amide bonds. The van der Waals surface area contributed by atoms with E-state index in [1.165, 1.54) is 15.6 Å². The minimum Gasteiger partial charge on any atom is -0.467 e. The van der Waals surface area contributed by atoms with Crippen molar-refractivity contribution in [3.63, 3.8) is 0 Å². The molecule has 3 atom stereocenters. The number of likely N-dealkylation sites (tertiary alicyclic amines) is 1. The third-order valence-electron chi connectivity index (χ3n) is 10.4. The second kappa shape index (κ2) is 18.9. The number of para-hydroxylation sites is 1. The summed E-state index contributed by atoms with van der Waals surface area (Å²) in [5, 5.41) is 10.3. The average Bonchev–Trinajstić information content (AvgIpc) is 3.98. The summed E-state index contributed by atoms with van der Waals surface area (Å²) in [6.07, 6.45) is 4.43. The molecule has 0 spiro atoms. The number of carbonyl (C=O) groups excluding carboxylic acids is 6. The summed E-state index contributed by atoms with van der Waals surface area (Å²) in [5.74, 6) is -1.89. The summed E-state index contributed by atoms with van der Waals surface area (Å²) >= 11 is 0. The highest BCUT2D eigenvalue weighted by molar-refractivity contribution is 5.96. The van der Waals surface area contributed by atoms with E-state index in [2.05, 4.69) is 15.7 Å². The van der Waals surface area contributed by atoms with Gasteiger partial charge in [-0.15, -0.1) is 0 Å². The summed E-state index contributed by atoms with van der Waals surface area (Å²) in [6.45, 7) is 4.29. The van der Waals surface area contributed by atoms with Crippen LogP contribution in [0.4, 0.5) is 4.79 Å². The monoisotopic (exact) mass is 765 g/mol. The smallest absolute Gasteiger partial charge is 0.409 e. The van der Waals surface area contributed by atoms with Crippen molar-refractivity contribution in [1.82, 2.24) is 35.1 Å². The fraction of sp³-hybridized carbons (Fsp3) is 0.605. The Morgan fingerprint density at radius 1 is 0.927 bits per heavy atom. The lowest BCUT2D eigenvalue weighted by molar-refractivity contribution is -0.145. The molecule has 4 aliphatic rings. The Labute approximate surface area is 319 Å². The first-order valence-corrected chi connectivity index (χ1v) is 19.3. The quantitative estimate of drug-likeness (QED) is 0.251. The lowest BCUT2D eigenvalue weighted by Gasteiger charge is -2.35. The van der Waals surface area contributed by atoms with Gasteiger partial charge in [-0.25, -0.2) is 9.48 Å². The zero-order valence-corrected chi connectivity index (χ0v) is 31.3. The zero-order valence-electron chi connectivity index (χ0n) is 31.3. The van der Waals surface area contributed by atoms with Gasteiger partial charge in [0.05, 0.1) is 25.5 Å². The van der Waals surface area contributed by atoms with Crippen molar-refractivity contribution in [2.75, 3.05) is 65.8 Å². The number of esters is 1. The fourth-order valence-electron chi connectivity index (χ4n) is 7.03. The largest absolute Gasteiger partial charge is 0.467 e. The second-order valence-corrected chi connectivity index (χ2v) is 14.3. The van der Waals surface area contributed by atoms with Gasteiger partial charge in [0, 0.05) is 63.8 Å². The van der Waals surface area contributed by atoms with E-state index >= 15 is 0 Å². The molecule has 1 aromatic heterocycles. The molecular formula is C38H51N7O10. The summed E-state index contributed by atoms with van der Waals surface area (Å²) in [6, 6.07) is 8.79. The number of hydrogen-bond donors (Lipinski definition) is 2. The standard InChI is InChI=1S/C38H51N7O10/c1-2-53-38(51)43-19-17-42(18-20-43)37(50)29(13-14-34(47)55-24-26-15-21-52-23-26)40-35(48)30-22-33(45(41-30)28-10-4-3-5-11-28)54-25-32(46)44-16-7-12-31(44)36(49)39-27-8-6-9-27/h3-5,10-11,22,26-27,29,31H,2,6-9,12-21,23-25H2,1H3,(H,39,49)(H,40,48)/t26?,29-,31-/m0/s1. The summed E-state index contributed by atoms with van der Waals surface area (Å²) in [4.78, 5) is 83.7. The van der Waals surface area contributed by atoms with Gasteiger partial charge >= 0.3 is 12.1 Å². The number of carbonyl (C=O) groups is 6. The minimum absolute atomic E-state index is 0.0365. The van der Waals surface area contributed by atoms with Crippen molar-refractivity contribution in [2.45, 2.75) is 76.4 Å². The van der Waals surface area contributed by atoms with Gasteiger partial charge in [-0.1, -0.05) is 18.2 Å². The van der Waals surface area contributed by atoms with Crippen LogP contribution < -0.4 is 15.4 Å². The van der Waals surface area contributed by atoms with Gasteiger partial charge in [0.15, 0.2) is 12.3 Å². The Morgan fingerprint density at radius 2 is 1.69 bits per heavy atom. The van der Waals surface area contributed by atoms with Crippen LogP contribution in [-0.4, -0.2) is 144 Å². The summed E-state index contributed by atoms with van der Waals surface area (Å²) < 4.78 is 23.3. The van der Waals surface area contributed by atoms with Crippen LogP contribution in [0.5, 0.6) is 5.88 Å². The molecule has 1 aromatic carbocycles. The molecule has 3 saturated heterocycles. The number of aromatic nitrogens is 2. The Kier molecular flexibility index (Phi) is 13.6. The molecule has 2 N–H and O–H groups in total. The van der Waals surface area contributed by atoms with E-state index in [9.17, 15) is 28.8 Å². The van der Waals surface area contributed by atoms with Crippen LogP contribution in [0.1, 0.15) is 68.8 Å². The lowest BCUT2D eigenvalue weighted by Crippen LogP contribution is -2.56. The number of ether oxygens (including phenoxy) is 4. The third-order valence-corrected chi connectivity index (χ3v) is 10.4. The first kappa shape index (κ1) is 39.5. The number of amides is 5. The van der Waals surface area contributed by atoms with E-state index in [0.717, 1.165) is 25.7 Å². The molecule has 1 saturated carbocycles. The third kappa shape index (κ3) is 10.3. The molecule has 0 radical (unpaired) electrons. The first-order chi connectivity index (χ1) is 26.7. The van der Waals surface area contributed by atoms with Crippen LogP contribution in [-0.2, 0) is 33.4 Å². The van der Waals surface area contributed by atoms with Crippen molar-refractivity contribution < 1.29 is 47.7 Å². The van der Waals surface area contributed by atoms with Gasteiger partial charge in [-0.3, -0.25) is 24.0 Å². The fourth-order valence-corrected chi connectivity index (χ4v) is 7.03. The average molecular weight is 766 g/mol. The van der Waals surface area contributed by atoms with Crippen LogP contribution in [0.25, 0.3) is 5.69 Å². The topological polar surface area (TPSA) is 191 Å². The van der Waals surface area contributed by atoms with E-state index in [1.807, 2.05) is 6.07 Å². The minimum atomic E-state index is -1.12. The van der Waals surface area contributed by atoms with Gasteiger partial charge in [-0.05, 0) is 64.0 Å². The molecule has 0 bridgehead atoms. The molecule has 4 heterocycles. The van der Waals surface area contributed by atoms with Crippen LogP contribution in [0.15, 0.2) is 36.4 Å². The molecule has 6 rings (SSSR count). The molecule has 4 fully saturated rings. The first-order valence-electron chi connectivity index (χ1n) is 19.3. The Bertz CT molecular complexity index is 1670. The predicted octanol–water partition coefficient (Wildman–Crippen LogP) is 1.67. The highest BCUT2D eigenvalue weighted by Gasteiger charge is 2.36. The number of hydrogen-bond acceptors (Lipinski definition) is 11. The number of benzene rings is 1. The van der Waals surface area contributed by atoms with E-state index < -0.39 is 36.0 Å². The predicted molar refractivity (Wildman–Crippen MR) is 195 cm³/mol. The van der Waals surface area contributed by atoms with Crippen molar-refractivity contribution in [2.24, 2.45) is 5.92 Å². The SMILES string of the molecule is CCOC(=O)N1CCN(C(=O)[C@H](CCC(=O)OCC2CCOC2)NC(=O)c2cc(OCC(=O)N3CCC[C@H]3C(=O)NC3CCC3)n(-c3ccccc3)n2)CC1. The number of nitrogens with one attached hydrogen (secondary N) is 2. The molecule has 17 heteroatoms. The molecule has 17 nitrogen and oxygen atoms in total. The van der Waals surface area contributed by atoms with E-state index in [1.54, 1.807) is 41.0 Å². The maximum Gasteiger partial charge on any atom is 0.409 e. The summed E-state index contributed by atoms with van der Waals surface area (Å²) in [7, 11) is 0. The van der Waals surface area contributed by atoms with Gasteiger partial charge in [0.25, 0.3) is 11.8 Å². The second-order valence-electron chi connectivity index (χ2n) is 14.3. The maximum atomic E-state index is 13.9. The van der Waals surface area contributed by atoms with Crippen molar-refractivity contribution in [3.05, 3.63) is 42.1 Å². The molecular weight excluding hydrogens is 714 g/mol. The Morgan fingerprint density at radius 3 is 2.38 bits per heavy atom. The number of rotatable bonds is 15. The van der Waals surface area contributed by atoms with E-state index in [4.69, 9.17) is 18.9 Å². The Balaban J connectivity index is 1.14. The van der Waals surface area contributed by atoms with E-state index in [-0.39, 0.29) is 94.2 Å². The van der Waals surface area contributed by atoms with Crippen LogP contribution >= 0.6 is 0 Å². The zero-order chi connectivity index (χ0) is 38.7. The van der Waals surface area contributed by atoms with Gasteiger partial charge in [0.1, 0.15) is 12.1 Å². The van der Waals surface area contributed by atoms with Crippen LogP contribution in [0.3, 0.4) is 0 Å². The number of nitrogens with zero attached hydrogens (tertiary/aromatic N) is 5. The Hall–Kier alpha value is -5.19. The molecule has 298 valence electrons. The molecule has 55 heavy (non-hydrogen) atoms. The molecule has 1 aliphatic carbocycles. The molecule has 2 aromatic rings. The summed E-state index contributed by atoms with van der Waals surface area (Å²) in [5.41, 5.74) is 0.476. The number of piperazine rings is 1. The van der Waals surface area contributed by atoms with Crippen LogP contribution in [0, 0.1) is 5.92 Å². The maximum absolute atomic E-state index is 13.9. The lowest BCUT2D eigenvalue weighted by atomic mass is 9.93. The van der Waals surface area contributed by atoms with Gasteiger partial charge in [0.2, 0.25) is 17.7 Å². The highest BCUT2D eigenvalue weighted by atomic mass is 16.6. The van der Waals surface area contributed by atoms with Crippen molar-refractivity contribution >= 4 is 35.7 Å². The molecule has 1 unspecified atom stereocenters. The van der Waals surface area contributed by atoms with Crippen molar-refractivity contribution in [1.29, 1.82) is 0 Å². The highest BCUT2D eigenvalue weighted by Crippen LogP contribution is 2.24. The van der Waals surface area contributed by atoms with E-state index in [0.29, 0.717) is 38.3 Å². The van der Waals surface area contributed by atoms with Gasteiger partial charge < -0.3 is 44.3 Å². The van der Waals surface area contributed by atoms with Crippen LogP contribution in [0.2, 0.25) is 0 Å².